The van der Waals surface area contributed by atoms with Crippen LogP contribution >= 0.6 is 11.3 Å². The van der Waals surface area contributed by atoms with Crippen molar-refractivity contribution in [1.29, 1.82) is 5.26 Å². The van der Waals surface area contributed by atoms with E-state index >= 15 is 0 Å². The van der Waals surface area contributed by atoms with Gasteiger partial charge in [0.1, 0.15) is 23.4 Å². The summed E-state index contributed by atoms with van der Waals surface area (Å²) in [7, 11) is 0. The highest BCUT2D eigenvalue weighted by Gasteiger charge is 2.12. The van der Waals surface area contributed by atoms with Crippen LogP contribution in [0.2, 0.25) is 0 Å². The molecule has 1 aromatic heterocycles. The van der Waals surface area contributed by atoms with E-state index in [0.717, 1.165) is 11.3 Å². The normalized spacial score (nSPS) is 9.80. The van der Waals surface area contributed by atoms with Crippen LogP contribution in [0, 0.1) is 18.3 Å². The standard InChI is InChI=1S/C14H12N2O3S/c1-10-2-4-11(5-3-10)19-8-13-16-12(9-20-13)14(17)18-7-6-15/h2-5,9H,7-8H2,1H3. The molecule has 0 amide bonds. The number of nitriles is 1. The molecule has 0 N–H and O–H groups in total. The van der Waals surface area contributed by atoms with Crippen LogP contribution in [-0.4, -0.2) is 17.6 Å². The van der Waals surface area contributed by atoms with Crippen LogP contribution in [0.4, 0.5) is 0 Å². The third-order valence-electron chi connectivity index (χ3n) is 2.41. The fourth-order valence-corrected chi connectivity index (χ4v) is 2.10. The van der Waals surface area contributed by atoms with E-state index in [0.29, 0.717) is 11.6 Å². The maximum atomic E-state index is 11.5. The van der Waals surface area contributed by atoms with Gasteiger partial charge in [-0.05, 0) is 19.1 Å². The van der Waals surface area contributed by atoms with E-state index in [4.69, 9.17) is 10.00 Å². The minimum absolute atomic E-state index is 0.202. The van der Waals surface area contributed by atoms with Crippen molar-refractivity contribution in [2.45, 2.75) is 13.5 Å². The van der Waals surface area contributed by atoms with Crippen molar-refractivity contribution in [3.63, 3.8) is 0 Å². The van der Waals surface area contributed by atoms with Crippen molar-refractivity contribution in [2.24, 2.45) is 0 Å². The van der Waals surface area contributed by atoms with Gasteiger partial charge in [-0.1, -0.05) is 17.7 Å². The first-order valence-corrected chi connectivity index (χ1v) is 6.75. The van der Waals surface area contributed by atoms with Crippen molar-refractivity contribution in [3.05, 3.63) is 45.9 Å². The first-order chi connectivity index (χ1) is 9.69. The fourth-order valence-electron chi connectivity index (χ4n) is 1.42. The number of thiazole rings is 1. The molecule has 102 valence electrons. The summed E-state index contributed by atoms with van der Waals surface area (Å²) >= 11 is 1.31. The lowest BCUT2D eigenvalue weighted by atomic mass is 10.2. The van der Waals surface area contributed by atoms with E-state index in [9.17, 15) is 4.79 Å². The summed E-state index contributed by atoms with van der Waals surface area (Å²) in [4.78, 5) is 15.6. The predicted octanol–water partition coefficient (Wildman–Crippen LogP) is 2.71. The Morgan fingerprint density at radius 3 is 2.85 bits per heavy atom. The van der Waals surface area contributed by atoms with Gasteiger partial charge in [-0.3, -0.25) is 0 Å². The molecule has 0 saturated heterocycles. The highest BCUT2D eigenvalue weighted by atomic mass is 32.1. The van der Waals surface area contributed by atoms with E-state index in [1.807, 2.05) is 31.2 Å². The van der Waals surface area contributed by atoms with E-state index in [1.54, 1.807) is 11.4 Å². The molecule has 1 aromatic carbocycles. The van der Waals surface area contributed by atoms with Crippen molar-refractivity contribution in [1.82, 2.24) is 4.98 Å². The van der Waals surface area contributed by atoms with Crippen molar-refractivity contribution in [3.8, 4) is 11.8 Å². The molecule has 0 unspecified atom stereocenters. The molecule has 0 fully saturated rings. The number of hydrogen-bond donors (Lipinski definition) is 0. The molecule has 0 aliphatic heterocycles. The molecule has 0 atom stereocenters. The van der Waals surface area contributed by atoms with Crippen molar-refractivity contribution < 1.29 is 14.3 Å². The van der Waals surface area contributed by atoms with Crippen LogP contribution in [0.1, 0.15) is 21.1 Å². The van der Waals surface area contributed by atoms with Gasteiger partial charge in [0.25, 0.3) is 0 Å². The third-order valence-corrected chi connectivity index (χ3v) is 3.23. The van der Waals surface area contributed by atoms with Crippen LogP contribution in [0.15, 0.2) is 29.6 Å². The van der Waals surface area contributed by atoms with Gasteiger partial charge in [0.2, 0.25) is 0 Å². The first-order valence-electron chi connectivity index (χ1n) is 5.87. The van der Waals surface area contributed by atoms with Gasteiger partial charge < -0.3 is 9.47 Å². The molecule has 2 aromatic rings. The van der Waals surface area contributed by atoms with Gasteiger partial charge >= 0.3 is 5.97 Å². The summed E-state index contributed by atoms with van der Waals surface area (Å²) in [5.74, 6) is 0.156. The number of carbonyl (C=O) groups is 1. The Balaban J connectivity index is 1.91. The molecule has 6 heteroatoms. The predicted molar refractivity (Wildman–Crippen MR) is 73.5 cm³/mol. The van der Waals surface area contributed by atoms with Crippen LogP contribution in [0.3, 0.4) is 0 Å². The van der Waals surface area contributed by atoms with Gasteiger partial charge in [-0.2, -0.15) is 5.26 Å². The minimum atomic E-state index is -0.593. The topological polar surface area (TPSA) is 72.2 Å². The molecule has 0 radical (unpaired) electrons. The van der Waals surface area contributed by atoms with Crippen LogP contribution in [-0.2, 0) is 11.3 Å². The van der Waals surface area contributed by atoms with Gasteiger partial charge in [0, 0.05) is 5.38 Å². The summed E-state index contributed by atoms with van der Waals surface area (Å²) in [6.07, 6.45) is 0. The summed E-state index contributed by atoms with van der Waals surface area (Å²) in [6.45, 7) is 2.02. The van der Waals surface area contributed by atoms with E-state index in [2.05, 4.69) is 9.72 Å². The van der Waals surface area contributed by atoms with Crippen molar-refractivity contribution in [2.75, 3.05) is 6.61 Å². The lowest BCUT2D eigenvalue weighted by Gasteiger charge is -2.03. The zero-order valence-corrected chi connectivity index (χ0v) is 11.6. The molecule has 2 rings (SSSR count). The summed E-state index contributed by atoms with van der Waals surface area (Å²) in [5, 5.41) is 10.6. The summed E-state index contributed by atoms with van der Waals surface area (Å²) in [6, 6.07) is 9.41. The molecule has 0 bridgehead atoms. The van der Waals surface area contributed by atoms with Crippen LogP contribution in [0.5, 0.6) is 5.75 Å². The number of hydrogen-bond acceptors (Lipinski definition) is 6. The van der Waals surface area contributed by atoms with Crippen LogP contribution in [0.25, 0.3) is 0 Å². The Kier molecular flexibility index (Phi) is 4.69. The van der Waals surface area contributed by atoms with Gasteiger partial charge in [0.15, 0.2) is 12.3 Å². The Bertz CT molecular complexity index is 629. The quantitative estimate of drug-likeness (QED) is 0.791. The third kappa shape index (κ3) is 3.80. The maximum Gasteiger partial charge on any atom is 0.358 e. The lowest BCUT2D eigenvalue weighted by Crippen LogP contribution is -2.06. The smallest absolute Gasteiger partial charge is 0.358 e. The monoisotopic (exact) mass is 288 g/mol. The molecule has 5 nitrogen and oxygen atoms in total. The number of ether oxygens (including phenoxy) is 2. The molecule has 20 heavy (non-hydrogen) atoms. The fraction of sp³-hybridized carbons (Fsp3) is 0.214. The lowest BCUT2D eigenvalue weighted by molar-refractivity contribution is 0.0548. The Morgan fingerprint density at radius 1 is 1.40 bits per heavy atom. The molecular formula is C14H12N2O3S. The van der Waals surface area contributed by atoms with Gasteiger partial charge in [-0.15, -0.1) is 11.3 Å². The van der Waals surface area contributed by atoms with Crippen molar-refractivity contribution >= 4 is 17.3 Å². The largest absolute Gasteiger partial charge is 0.486 e. The molecule has 0 saturated carbocycles. The Hall–Kier alpha value is -2.39. The van der Waals surface area contributed by atoms with Gasteiger partial charge in [0.05, 0.1) is 0 Å². The molecule has 0 spiro atoms. The SMILES string of the molecule is Cc1ccc(OCc2nc(C(=O)OCC#N)cs2)cc1. The second-order valence-electron chi connectivity index (χ2n) is 3.96. The zero-order valence-electron chi connectivity index (χ0n) is 10.8. The highest BCUT2D eigenvalue weighted by Crippen LogP contribution is 2.16. The number of rotatable bonds is 5. The maximum absolute atomic E-state index is 11.5. The molecule has 1 heterocycles. The summed E-state index contributed by atoms with van der Waals surface area (Å²) < 4.78 is 10.2. The van der Waals surface area contributed by atoms with Gasteiger partial charge in [-0.25, -0.2) is 9.78 Å². The number of nitrogens with zero attached hydrogens (tertiary/aromatic N) is 2. The molecular weight excluding hydrogens is 276 g/mol. The number of carbonyl (C=O) groups excluding carboxylic acids is 1. The molecule has 0 aliphatic rings. The second-order valence-corrected chi connectivity index (χ2v) is 4.91. The van der Waals surface area contributed by atoms with E-state index in [-0.39, 0.29) is 12.3 Å². The second kappa shape index (κ2) is 6.68. The Labute approximate surface area is 120 Å². The summed E-state index contributed by atoms with van der Waals surface area (Å²) in [5.41, 5.74) is 1.36. The molecule has 0 aliphatic carbocycles. The highest BCUT2D eigenvalue weighted by molar-refractivity contribution is 7.09. The first kappa shape index (κ1) is 14.0. The van der Waals surface area contributed by atoms with Crippen LogP contribution < -0.4 is 4.74 Å². The zero-order chi connectivity index (χ0) is 14.4. The number of esters is 1. The minimum Gasteiger partial charge on any atom is -0.486 e. The average Bonchev–Trinajstić information content (AvgIpc) is 2.93. The Morgan fingerprint density at radius 2 is 2.15 bits per heavy atom. The van der Waals surface area contributed by atoms with E-state index in [1.165, 1.54) is 11.3 Å². The number of benzene rings is 1. The average molecular weight is 288 g/mol. The number of aromatic nitrogens is 1. The number of aryl methyl sites for hydroxylation is 1. The van der Waals surface area contributed by atoms with E-state index < -0.39 is 5.97 Å².